The van der Waals surface area contributed by atoms with Gasteiger partial charge in [-0.2, -0.15) is 0 Å². The van der Waals surface area contributed by atoms with E-state index < -0.39 is 0 Å². The van der Waals surface area contributed by atoms with Crippen molar-refractivity contribution in [3.05, 3.63) is 0 Å². The lowest BCUT2D eigenvalue weighted by Crippen LogP contribution is -2.60. The highest BCUT2D eigenvalue weighted by atomic mass is 16.6. The highest BCUT2D eigenvalue weighted by Crippen LogP contribution is 2.76. The molecular formula is C24H32O4. The summed E-state index contributed by atoms with van der Waals surface area (Å²) in [4.78, 5) is 38.4. The molecule has 5 saturated carbocycles. The Labute approximate surface area is 167 Å². The van der Waals surface area contributed by atoms with Crippen LogP contribution < -0.4 is 0 Å². The zero-order chi connectivity index (χ0) is 19.7. The molecule has 9 atom stereocenters. The minimum Gasteiger partial charge on any atom is -0.458 e. The smallest absolute Gasteiger partial charge is 0.306 e. The Hall–Kier alpha value is -1.19. The topological polar surface area (TPSA) is 60.4 Å². The van der Waals surface area contributed by atoms with E-state index in [4.69, 9.17) is 4.74 Å². The van der Waals surface area contributed by atoms with Gasteiger partial charge in [-0.25, -0.2) is 0 Å². The summed E-state index contributed by atoms with van der Waals surface area (Å²) in [5, 5.41) is 0. The third kappa shape index (κ3) is 1.63. The number of ether oxygens (including phenoxy) is 1. The van der Waals surface area contributed by atoms with Crippen molar-refractivity contribution in [1.82, 2.24) is 0 Å². The first-order chi connectivity index (χ1) is 13.2. The van der Waals surface area contributed by atoms with Crippen LogP contribution in [0.4, 0.5) is 0 Å². The van der Waals surface area contributed by atoms with Crippen molar-refractivity contribution < 1.29 is 19.1 Å². The Morgan fingerprint density at radius 3 is 2.25 bits per heavy atom. The maximum absolute atomic E-state index is 13.6. The van der Waals surface area contributed by atoms with Gasteiger partial charge >= 0.3 is 5.97 Å². The standard InChI is InChI=1S/C24H32O4/c1-21-9-6-16(25)19-20(27)13(12-23(19,21)3)18-14(21)4-8-22(2)15(18)5-10-24(22)11-7-17(26)28-24/h13-15,18-19H,4-12H2,1-3H3/t13?,14?,15?,18?,19?,21?,22?,23-,24-/m1/s1. The quantitative estimate of drug-likeness (QED) is 0.466. The molecule has 5 aliphatic carbocycles. The number of esters is 1. The van der Waals surface area contributed by atoms with Crippen molar-refractivity contribution in [2.75, 3.05) is 0 Å². The summed E-state index contributed by atoms with van der Waals surface area (Å²) in [5.74, 6) is 1.48. The van der Waals surface area contributed by atoms with Crippen molar-refractivity contribution in [2.24, 2.45) is 45.8 Å². The molecule has 6 aliphatic rings. The van der Waals surface area contributed by atoms with Gasteiger partial charge in [0.05, 0.1) is 5.92 Å². The highest BCUT2D eigenvalue weighted by molar-refractivity contribution is 6.07. The van der Waals surface area contributed by atoms with Crippen molar-refractivity contribution in [1.29, 1.82) is 0 Å². The molecule has 6 fully saturated rings. The van der Waals surface area contributed by atoms with Crippen LogP contribution in [0, 0.1) is 45.8 Å². The molecule has 0 aromatic heterocycles. The predicted molar refractivity (Wildman–Crippen MR) is 102 cm³/mol. The van der Waals surface area contributed by atoms with Crippen LogP contribution in [-0.2, 0) is 19.1 Å². The van der Waals surface area contributed by atoms with Gasteiger partial charge in [0.1, 0.15) is 17.2 Å². The highest BCUT2D eigenvalue weighted by Gasteiger charge is 2.76. The second-order valence-corrected chi connectivity index (χ2v) is 11.7. The van der Waals surface area contributed by atoms with E-state index >= 15 is 0 Å². The molecule has 6 rings (SSSR count). The van der Waals surface area contributed by atoms with E-state index in [0.717, 1.165) is 44.9 Å². The van der Waals surface area contributed by atoms with Gasteiger partial charge in [0.25, 0.3) is 0 Å². The number of hydrogen-bond donors (Lipinski definition) is 0. The average molecular weight is 385 g/mol. The second-order valence-electron chi connectivity index (χ2n) is 11.7. The molecule has 7 unspecified atom stereocenters. The van der Waals surface area contributed by atoms with E-state index in [1.54, 1.807) is 0 Å². The molecule has 1 spiro atoms. The van der Waals surface area contributed by atoms with Crippen LogP contribution in [-0.4, -0.2) is 23.1 Å². The van der Waals surface area contributed by atoms with Crippen LogP contribution in [0.5, 0.6) is 0 Å². The number of ketones is 2. The first-order valence-corrected chi connectivity index (χ1v) is 11.5. The van der Waals surface area contributed by atoms with Crippen molar-refractivity contribution in [2.45, 2.75) is 84.2 Å². The molecule has 0 N–H and O–H groups in total. The van der Waals surface area contributed by atoms with Crippen LogP contribution in [0.25, 0.3) is 0 Å². The number of fused-ring (bicyclic) bond motifs is 7. The number of carbonyl (C=O) groups excluding carboxylic acids is 3. The van der Waals surface area contributed by atoms with E-state index in [1.807, 2.05) is 0 Å². The van der Waals surface area contributed by atoms with Crippen LogP contribution in [0.15, 0.2) is 0 Å². The van der Waals surface area contributed by atoms with Crippen molar-refractivity contribution in [3.63, 3.8) is 0 Å². The van der Waals surface area contributed by atoms with E-state index in [-0.39, 0.29) is 51.2 Å². The molecule has 4 nitrogen and oxygen atoms in total. The van der Waals surface area contributed by atoms with Crippen LogP contribution >= 0.6 is 0 Å². The monoisotopic (exact) mass is 384 g/mol. The summed E-state index contributed by atoms with van der Waals surface area (Å²) in [6.45, 7) is 7.01. The molecule has 152 valence electrons. The van der Waals surface area contributed by atoms with Gasteiger partial charge in [0.15, 0.2) is 0 Å². The Balaban J connectivity index is 1.47. The first-order valence-electron chi connectivity index (χ1n) is 11.5. The van der Waals surface area contributed by atoms with Gasteiger partial charge in [0, 0.05) is 24.2 Å². The molecule has 0 aromatic carbocycles. The lowest BCUT2D eigenvalue weighted by molar-refractivity contribution is -0.188. The van der Waals surface area contributed by atoms with Crippen LogP contribution in [0.1, 0.15) is 78.6 Å². The minimum atomic E-state index is -0.354. The molecule has 2 bridgehead atoms. The summed E-state index contributed by atoms with van der Waals surface area (Å²) in [6.07, 6.45) is 8.08. The Bertz CT molecular complexity index is 817. The van der Waals surface area contributed by atoms with Crippen LogP contribution in [0.2, 0.25) is 0 Å². The lowest BCUT2D eigenvalue weighted by atomic mass is 9.40. The zero-order valence-corrected chi connectivity index (χ0v) is 17.4. The first kappa shape index (κ1) is 17.7. The zero-order valence-electron chi connectivity index (χ0n) is 17.4. The third-order valence-corrected chi connectivity index (χ3v) is 11.4. The number of hydrogen-bond acceptors (Lipinski definition) is 4. The van der Waals surface area contributed by atoms with Gasteiger partial charge in [-0.15, -0.1) is 0 Å². The largest absolute Gasteiger partial charge is 0.458 e. The number of Topliss-reactive ketones (excluding diaryl/α,β-unsaturated/α-hetero) is 2. The lowest BCUT2D eigenvalue weighted by Gasteiger charge is -2.64. The molecule has 1 heterocycles. The Morgan fingerprint density at radius 1 is 0.821 bits per heavy atom. The SMILES string of the molecule is CC12CCC3C(C4C[C@]5(C)C(C(=O)CCC35C)C4=O)C1CC[C@@]21CCC(=O)O1. The van der Waals surface area contributed by atoms with Gasteiger partial charge in [-0.05, 0) is 73.5 Å². The molecule has 1 saturated heterocycles. The van der Waals surface area contributed by atoms with Gasteiger partial charge in [-0.1, -0.05) is 20.8 Å². The van der Waals surface area contributed by atoms with Crippen LogP contribution in [0.3, 0.4) is 0 Å². The summed E-state index contributed by atoms with van der Waals surface area (Å²) in [6, 6.07) is 0. The van der Waals surface area contributed by atoms with Crippen molar-refractivity contribution >= 4 is 17.5 Å². The van der Waals surface area contributed by atoms with E-state index in [1.165, 1.54) is 0 Å². The van der Waals surface area contributed by atoms with Gasteiger partial charge in [-0.3, -0.25) is 14.4 Å². The van der Waals surface area contributed by atoms with Crippen molar-refractivity contribution in [3.8, 4) is 0 Å². The van der Waals surface area contributed by atoms with Gasteiger partial charge in [0.2, 0.25) is 0 Å². The minimum absolute atomic E-state index is 0.00852. The maximum Gasteiger partial charge on any atom is 0.306 e. The normalized spacial score (nSPS) is 59.4. The predicted octanol–water partition coefficient (Wildman–Crippen LogP) is 4.10. The average Bonchev–Trinajstić information content (AvgIpc) is 3.25. The molecule has 28 heavy (non-hydrogen) atoms. The summed E-state index contributed by atoms with van der Waals surface area (Å²) >= 11 is 0. The molecule has 4 heteroatoms. The fraction of sp³-hybridized carbons (Fsp3) is 0.875. The fourth-order valence-corrected chi connectivity index (χ4v) is 9.82. The fourth-order valence-electron chi connectivity index (χ4n) is 9.82. The maximum atomic E-state index is 13.6. The molecule has 0 amide bonds. The number of rotatable bonds is 0. The summed E-state index contributed by atoms with van der Waals surface area (Å²) in [5.41, 5.74) is -0.364. The number of carbonyl (C=O) groups is 3. The third-order valence-electron chi connectivity index (χ3n) is 11.4. The molecule has 1 aliphatic heterocycles. The molecular weight excluding hydrogens is 352 g/mol. The molecule has 0 aromatic rings. The van der Waals surface area contributed by atoms with E-state index in [9.17, 15) is 14.4 Å². The molecule has 0 radical (unpaired) electrons. The second kappa shape index (κ2) is 4.92. The van der Waals surface area contributed by atoms with E-state index in [0.29, 0.717) is 30.6 Å². The van der Waals surface area contributed by atoms with E-state index in [2.05, 4.69) is 20.8 Å². The summed E-state index contributed by atoms with van der Waals surface area (Å²) in [7, 11) is 0. The van der Waals surface area contributed by atoms with Gasteiger partial charge < -0.3 is 4.74 Å². The summed E-state index contributed by atoms with van der Waals surface area (Å²) < 4.78 is 6.04. The Kier molecular flexibility index (Phi) is 3.10. The Morgan fingerprint density at radius 2 is 1.54 bits per heavy atom.